The molecular weight excluding hydrogens is 330 g/mol. The molecule has 8 heteroatoms. The molecule has 0 bridgehead atoms. The highest BCUT2D eigenvalue weighted by Crippen LogP contribution is 2.41. The van der Waals surface area contributed by atoms with Crippen molar-refractivity contribution in [2.75, 3.05) is 40.4 Å². The summed E-state index contributed by atoms with van der Waals surface area (Å²) in [5.41, 5.74) is 0.661. The highest BCUT2D eigenvalue weighted by atomic mass is 35.5. The molecule has 0 radical (unpaired) electrons. The van der Waals surface area contributed by atoms with Crippen LogP contribution in [-0.4, -0.2) is 56.8 Å². The molecule has 0 unspecified atom stereocenters. The van der Waals surface area contributed by atoms with Gasteiger partial charge < -0.3 is 19.9 Å². The van der Waals surface area contributed by atoms with Crippen LogP contribution in [-0.2, 0) is 0 Å². The van der Waals surface area contributed by atoms with E-state index in [0.29, 0.717) is 18.7 Å². The Morgan fingerprint density at radius 2 is 1.70 bits per heavy atom. The number of ether oxygens (including phenoxy) is 2. The Morgan fingerprint density at radius 3 is 2.13 bits per heavy atom. The van der Waals surface area contributed by atoms with Crippen LogP contribution in [0.3, 0.4) is 0 Å². The monoisotopic (exact) mass is 352 g/mol. The average Bonchev–Trinajstić information content (AvgIpc) is 2.53. The molecule has 0 saturated carbocycles. The number of hydrogen-bond acceptors (Lipinski definition) is 5. The largest absolute Gasteiger partial charge is 0.502 e. The molecule has 0 amide bonds. The van der Waals surface area contributed by atoms with Gasteiger partial charge in [0.1, 0.15) is 0 Å². The first-order valence-corrected chi connectivity index (χ1v) is 7.24. The molecular formula is C15H23ClF2N2O3. The molecule has 2 rings (SSSR count). The van der Waals surface area contributed by atoms with E-state index < -0.39 is 12.5 Å². The van der Waals surface area contributed by atoms with Crippen LogP contribution >= 0.6 is 12.4 Å². The van der Waals surface area contributed by atoms with E-state index in [4.69, 9.17) is 9.47 Å². The van der Waals surface area contributed by atoms with Gasteiger partial charge in [-0.15, -0.1) is 12.4 Å². The number of hydrogen-bond donors (Lipinski definition) is 2. The molecule has 0 aromatic heterocycles. The Kier molecular flexibility index (Phi) is 7.81. The molecule has 2 N–H and O–H groups in total. The second kappa shape index (κ2) is 9.10. The van der Waals surface area contributed by atoms with Gasteiger partial charge >= 0.3 is 0 Å². The number of phenolic OH excluding ortho intramolecular Hbond substituents is 1. The first-order valence-electron chi connectivity index (χ1n) is 7.24. The third-order valence-corrected chi connectivity index (χ3v) is 3.88. The second-order valence-electron chi connectivity index (χ2n) is 5.20. The summed E-state index contributed by atoms with van der Waals surface area (Å²) in [4.78, 5) is 2.02. The molecule has 1 aromatic rings. The first kappa shape index (κ1) is 19.7. The molecule has 1 aromatic carbocycles. The summed E-state index contributed by atoms with van der Waals surface area (Å²) in [6.07, 6.45) is -2.68. The summed E-state index contributed by atoms with van der Waals surface area (Å²) in [5.74, 6) is 0.331. The standard InChI is InChI=1S/C15H22F2N2O3.ClH/c1-21-12-7-10(8-13(22-2)15(12)20)11(9-14(16)17)19-5-3-18-4-6-19;/h7-8,11,14,18,20H,3-6,9H2,1-2H3;1H/t11-;/m0./s1. The third-order valence-electron chi connectivity index (χ3n) is 3.88. The van der Waals surface area contributed by atoms with Crippen molar-refractivity contribution in [1.29, 1.82) is 0 Å². The molecule has 1 fully saturated rings. The summed E-state index contributed by atoms with van der Waals surface area (Å²) in [7, 11) is 2.84. The van der Waals surface area contributed by atoms with Crippen LogP contribution in [0.25, 0.3) is 0 Å². The smallest absolute Gasteiger partial charge is 0.240 e. The van der Waals surface area contributed by atoms with Gasteiger partial charge in [0.15, 0.2) is 11.5 Å². The van der Waals surface area contributed by atoms with Crippen molar-refractivity contribution in [2.45, 2.75) is 18.9 Å². The number of methoxy groups -OCH3 is 2. The van der Waals surface area contributed by atoms with Crippen molar-refractivity contribution in [3.63, 3.8) is 0 Å². The van der Waals surface area contributed by atoms with Gasteiger partial charge in [-0.3, -0.25) is 4.90 Å². The number of nitrogens with one attached hydrogen (secondary N) is 1. The molecule has 1 heterocycles. The van der Waals surface area contributed by atoms with E-state index in [1.807, 2.05) is 4.90 Å². The van der Waals surface area contributed by atoms with E-state index in [0.717, 1.165) is 13.1 Å². The van der Waals surface area contributed by atoms with E-state index in [2.05, 4.69) is 5.32 Å². The SMILES string of the molecule is COc1cc([C@H](CC(F)F)N2CCNCC2)cc(OC)c1O.Cl. The van der Waals surface area contributed by atoms with Crippen molar-refractivity contribution >= 4 is 12.4 Å². The molecule has 0 spiro atoms. The van der Waals surface area contributed by atoms with Crippen LogP contribution in [0.15, 0.2) is 12.1 Å². The summed E-state index contributed by atoms with van der Waals surface area (Å²) < 4.78 is 36.3. The lowest BCUT2D eigenvalue weighted by Crippen LogP contribution is -2.45. The number of aromatic hydroxyl groups is 1. The van der Waals surface area contributed by atoms with E-state index >= 15 is 0 Å². The van der Waals surface area contributed by atoms with Gasteiger partial charge in [-0.2, -0.15) is 0 Å². The summed E-state index contributed by atoms with van der Waals surface area (Å²) in [6, 6.07) is 2.77. The fourth-order valence-corrected chi connectivity index (χ4v) is 2.76. The number of benzene rings is 1. The van der Waals surface area contributed by atoms with Crippen molar-refractivity contribution in [1.82, 2.24) is 10.2 Å². The second-order valence-corrected chi connectivity index (χ2v) is 5.20. The maximum atomic E-state index is 13.0. The lowest BCUT2D eigenvalue weighted by molar-refractivity contribution is 0.0737. The number of alkyl halides is 2. The third kappa shape index (κ3) is 4.83. The van der Waals surface area contributed by atoms with Crippen LogP contribution < -0.4 is 14.8 Å². The minimum atomic E-state index is -2.41. The first-order chi connectivity index (χ1) is 10.6. The zero-order valence-electron chi connectivity index (χ0n) is 13.2. The molecule has 1 aliphatic rings. The predicted octanol–water partition coefficient (Wildman–Crippen LogP) is 2.43. The molecule has 23 heavy (non-hydrogen) atoms. The Labute approximate surface area is 141 Å². The molecule has 132 valence electrons. The van der Waals surface area contributed by atoms with Gasteiger partial charge in [-0.05, 0) is 17.7 Å². The van der Waals surface area contributed by atoms with Crippen LogP contribution in [0.5, 0.6) is 17.2 Å². The Balaban J connectivity index is 0.00000264. The summed E-state index contributed by atoms with van der Waals surface area (Å²) in [6.45, 7) is 2.93. The van der Waals surface area contributed by atoms with E-state index in [-0.39, 0.29) is 36.1 Å². The molecule has 1 atom stereocenters. The van der Waals surface area contributed by atoms with Crippen LogP contribution in [0.1, 0.15) is 18.0 Å². The number of piperazine rings is 1. The minimum absolute atomic E-state index is 0. The van der Waals surface area contributed by atoms with Crippen molar-refractivity contribution in [2.24, 2.45) is 0 Å². The van der Waals surface area contributed by atoms with Crippen molar-refractivity contribution in [3.05, 3.63) is 17.7 Å². The van der Waals surface area contributed by atoms with E-state index in [1.165, 1.54) is 14.2 Å². The van der Waals surface area contributed by atoms with E-state index in [9.17, 15) is 13.9 Å². The van der Waals surface area contributed by atoms with E-state index in [1.54, 1.807) is 12.1 Å². The van der Waals surface area contributed by atoms with Gasteiger partial charge in [0.05, 0.1) is 14.2 Å². The van der Waals surface area contributed by atoms with Crippen molar-refractivity contribution < 1.29 is 23.4 Å². The predicted molar refractivity (Wildman–Crippen MR) is 86.3 cm³/mol. The van der Waals surface area contributed by atoms with Gasteiger partial charge in [0.2, 0.25) is 12.2 Å². The summed E-state index contributed by atoms with van der Waals surface area (Å²) >= 11 is 0. The number of halogens is 3. The van der Waals surface area contributed by atoms with Gasteiger partial charge in [-0.1, -0.05) is 0 Å². The topological polar surface area (TPSA) is 54.0 Å². The zero-order chi connectivity index (χ0) is 16.1. The minimum Gasteiger partial charge on any atom is -0.502 e. The van der Waals surface area contributed by atoms with Gasteiger partial charge in [-0.25, -0.2) is 8.78 Å². The van der Waals surface area contributed by atoms with Crippen molar-refractivity contribution in [3.8, 4) is 17.2 Å². The zero-order valence-corrected chi connectivity index (χ0v) is 14.0. The highest BCUT2D eigenvalue weighted by Gasteiger charge is 2.27. The summed E-state index contributed by atoms with van der Waals surface area (Å²) in [5, 5.41) is 13.2. The fraction of sp³-hybridized carbons (Fsp3) is 0.600. The number of nitrogens with zero attached hydrogens (tertiary/aromatic N) is 1. The lowest BCUT2D eigenvalue weighted by atomic mass is 10.00. The average molecular weight is 353 g/mol. The Hall–Kier alpha value is -1.31. The maximum Gasteiger partial charge on any atom is 0.240 e. The molecule has 1 saturated heterocycles. The molecule has 0 aliphatic carbocycles. The molecule has 5 nitrogen and oxygen atoms in total. The highest BCUT2D eigenvalue weighted by molar-refractivity contribution is 5.85. The molecule has 1 aliphatic heterocycles. The van der Waals surface area contributed by atoms with Crippen LogP contribution in [0.2, 0.25) is 0 Å². The van der Waals surface area contributed by atoms with Crippen LogP contribution in [0.4, 0.5) is 8.78 Å². The normalized spacial score (nSPS) is 16.7. The Morgan fingerprint density at radius 1 is 1.17 bits per heavy atom. The Bertz CT molecular complexity index is 475. The van der Waals surface area contributed by atoms with Gasteiger partial charge in [0, 0.05) is 38.6 Å². The number of phenols is 1. The fourth-order valence-electron chi connectivity index (χ4n) is 2.76. The maximum absolute atomic E-state index is 13.0. The quantitative estimate of drug-likeness (QED) is 0.823. The lowest BCUT2D eigenvalue weighted by Gasteiger charge is -2.35. The van der Waals surface area contributed by atoms with Gasteiger partial charge in [0.25, 0.3) is 0 Å². The number of rotatable bonds is 6. The van der Waals surface area contributed by atoms with Crippen LogP contribution in [0, 0.1) is 0 Å².